The van der Waals surface area contributed by atoms with Crippen LogP contribution in [0.25, 0.3) is 0 Å². The summed E-state index contributed by atoms with van der Waals surface area (Å²) < 4.78 is 0. The van der Waals surface area contributed by atoms with Crippen LogP contribution in [0.4, 0.5) is 0 Å². The molecule has 0 atom stereocenters. The molecule has 1 heterocycles. The third-order valence-electron chi connectivity index (χ3n) is 3.10. The predicted octanol–water partition coefficient (Wildman–Crippen LogP) is 4.91. The molecule has 1 aromatic heterocycles. The van der Waals surface area contributed by atoms with Crippen molar-refractivity contribution in [1.29, 1.82) is 0 Å². The first-order chi connectivity index (χ1) is 13.8. The van der Waals surface area contributed by atoms with E-state index in [1.807, 2.05) is 48.5 Å². The minimum atomic E-state index is 0. The van der Waals surface area contributed by atoms with E-state index in [-0.39, 0.29) is 28.2 Å². The van der Waals surface area contributed by atoms with Crippen molar-refractivity contribution in [3.8, 4) is 0 Å². The molecule has 0 spiro atoms. The molecule has 0 fully saturated rings. The molecular formula is C20H28CoN5O4-. The van der Waals surface area contributed by atoms with Gasteiger partial charge in [0.05, 0.1) is 11.4 Å². The van der Waals surface area contributed by atoms with Crippen LogP contribution >= 0.6 is 0 Å². The zero-order valence-corrected chi connectivity index (χ0v) is 18.4. The topological polar surface area (TPSA) is 136 Å². The van der Waals surface area contributed by atoms with E-state index >= 15 is 0 Å². The zero-order valence-electron chi connectivity index (χ0n) is 17.4. The number of aromatic nitrogens is 1. The summed E-state index contributed by atoms with van der Waals surface area (Å²) in [6.07, 6.45) is 3.50. The summed E-state index contributed by atoms with van der Waals surface area (Å²) in [5.41, 5.74) is 5.94. The van der Waals surface area contributed by atoms with Crippen LogP contribution in [0, 0.1) is 16.7 Å². The molecule has 0 unspecified atom stereocenters. The van der Waals surface area contributed by atoms with Gasteiger partial charge in [-0.25, -0.2) is 0 Å². The quantitative estimate of drug-likeness (QED) is 0.288. The van der Waals surface area contributed by atoms with Crippen LogP contribution < -0.4 is 11.0 Å². The van der Waals surface area contributed by atoms with Gasteiger partial charge in [0.1, 0.15) is 11.4 Å². The van der Waals surface area contributed by atoms with Gasteiger partial charge in [-0.1, -0.05) is 12.1 Å². The van der Waals surface area contributed by atoms with Crippen molar-refractivity contribution in [2.24, 2.45) is 10.4 Å². The number of hydroxylamine groups is 2. The largest absolute Gasteiger partial charge is 0.291 e. The summed E-state index contributed by atoms with van der Waals surface area (Å²) in [5.74, 6) is 0. The average molecular weight is 461 g/mol. The summed E-state index contributed by atoms with van der Waals surface area (Å²) in [6, 6.07) is 15.6. The summed E-state index contributed by atoms with van der Waals surface area (Å²) in [4.78, 5) is 23.1. The minimum Gasteiger partial charge on any atom is -0.291 e. The number of hydrogen-bond donors (Lipinski definition) is 4. The van der Waals surface area contributed by atoms with E-state index in [9.17, 15) is 9.81 Å². The second-order valence-electron chi connectivity index (χ2n) is 5.34. The fraction of sp³-hybridized carbons (Fsp3) is 0.200. The molecule has 9 nitrogen and oxygen atoms in total. The minimum absolute atomic E-state index is 0. The molecule has 167 valence electrons. The van der Waals surface area contributed by atoms with Crippen molar-refractivity contribution < 1.29 is 27.2 Å². The van der Waals surface area contributed by atoms with Gasteiger partial charge in [0.25, 0.3) is 0 Å². The van der Waals surface area contributed by atoms with Crippen molar-refractivity contribution in [3.05, 3.63) is 106 Å². The van der Waals surface area contributed by atoms with Crippen molar-refractivity contribution in [3.63, 3.8) is 0 Å². The monoisotopic (exact) mass is 461 g/mol. The van der Waals surface area contributed by atoms with Crippen LogP contribution in [-0.2, 0) is 16.8 Å². The summed E-state index contributed by atoms with van der Waals surface area (Å²) in [7, 11) is 0. The van der Waals surface area contributed by atoms with Gasteiger partial charge in [-0.15, -0.1) is 21.9 Å². The summed E-state index contributed by atoms with van der Waals surface area (Å²) in [6.45, 7) is 9.84. The van der Waals surface area contributed by atoms with Gasteiger partial charge in [0.15, 0.2) is 0 Å². The molecule has 30 heavy (non-hydrogen) atoms. The van der Waals surface area contributed by atoms with Crippen molar-refractivity contribution in [1.82, 2.24) is 15.9 Å². The maximum absolute atomic E-state index is 9.65. The third-order valence-corrected chi connectivity index (χ3v) is 3.10. The molecule has 0 aliphatic heterocycles. The van der Waals surface area contributed by atoms with Crippen molar-refractivity contribution in [2.45, 2.75) is 27.7 Å². The Bertz CT molecular complexity index is 685. The van der Waals surface area contributed by atoms with Gasteiger partial charge in [-0.05, 0) is 50.2 Å². The van der Waals surface area contributed by atoms with Gasteiger partial charge < -0.3 is 0 Å². The maximum atomic E-state index is 9.65. The molecular weight excluding hydrogens is 433 g/mol. The average Bonchev–Trinajstić information content (AvgIpc) is 2.79. The van der Waals surface area contributed by atoms with Crippen molar-refractivity contribution in [2.75, 3.05) is 0 Å². The van der Waals surface area contributed by atoms with E-state index < -0.39 is 0 Å². The normalized spacial score (nSPS) is 10.2. The van der Waals surface area contributed by atoms with Gasteiger partial charge in [-0.3, -0.25) is 26.4 Å². The van der Waals surface area contributed by atoms with Crippen LogP contribution in [0.5, 0.6) is 0 Å². The van der Waals surface area contributed by atoms with E-state index in [0.717, 1.165) is 5.56 Å². The van der Waals surface area contributed by atoms with Gasteiger partial charge in [0, 0.05) is 29.2 Å². The van der Waals surface area contributed by atoms with E-state index in [2.05, 4.69) is 22.3 Å². The summed E-state index contributed by atoms with van der Waals surface area (Å²) >= 11 is 0. The SMILES string of the molecule is C/C(N=O)=C(\C)NO.C/C(N=O)=C(\C)NO.[CH2-]c1ccccc1.[Co].c1ccncc1. The number of rotatable bonds is 4. The Morgan fingerprint density at radius 3 is 1.30 bits per heavy atom. The third kappa shape index (κ3) is 19.7. The molecule has 2 aromatic rings. The number of hydrogen-bond acceptors (Lipinski definition) is 9. The van der Waals surface area contributed by atoms with Gasteiger partial charge >= 0.3 is 0 Å². The molecule has 0 saturated carbocycles. The number of nitrogens with one attached hydrogen (secondary N) is 2. The Kier molecular flexibility index (Phi) is 23.5. The molecule has 4 N–H and O–H groups in total. The number of pyridine rings is 1. The Hall–Kier alpha value is -3.05. The van der Waals surface area contributed by atoms with E-state index in [4.69, 9.17) is 10.4 Å². The Labute approximate surface area is 187 Å². The Balaban J connectivity index is -0.000000321. The fourth-order valence-corrected chi connectivity index (χ4v) is 1.09. The van der Waals surface area contributed by atoms with E-state index in [1.165, 1.54) is 13.8 Å². The molecule has 0 bridgehead atoms. The molecule has 0 aliphatic rings. The number of benzene rings is 1. The van der Waals surface area contributed by atoms with Crippen LogP contribution in [0.2, 0.25) is 0 Å². The van der Waals surface area contributed by atoms with Gasteiger partial charge in [0.2, 0.25) is 0 Å². The van der Waals surface area contributed by atoms with Crippen LogP contribution in [0.1, 0.15) is 33.3 Å². The number of nitroso groups, excluding NO2 is 2. The number of nitrogens with zero attached hydrogens (tertiary/aromatic N) is 3. The van der Waals surface area contributed by atoms with E-state index in [0.29, 0.717) is 11.4 Å². The second-order valence-corrected chi connectivity index (χ2v) is 5.34. The first kappa shape index (κ1) is 31.6. The Morgan fingerprint density at radius 2 is 1.17 bits per heavy atom. The standard InChI is InChI=1S/C7H7.C5H5N.2C4H8N2O2.Co/c1-7-5-3-2-4-6-7;1-2-4-6-5-3-1;2*1-3(5-7)4(2)6-8;/h2-6H,1H2;1-5H;2*5,7H,1-2H3;/q-1;;;;/b;;2*4-3-;. The Morgan fingerprint density at radius 1 is 0.800 bits per heavy atom. The molecule has 2 rings (SSSR count). The molecule has 1 aromatic carbocycles. The smallest absolute Gasteiger partial charge is 0.103 e. The van der Waals surface area contributed by atoms with Crippen LogP contribution in [-0.4, -0.2) is 15.4 Å². The molecule has 10 heteroatoms. The van der Waals surface area contributed by atoms with Gasteiger partial charge in [-0.2, -0.15) is 24.6 Å². The first-order valence-corrected chi connectivity index (χ1v) is 8.37. The first-order valence-electron chi connectivity index (χ1n) is 8.37. The van der Waals surface area contributed by atoms with Crippen molar-refractivity contribution >= 4 is 0 Å². The molecule has 0 amide bonds. The number of allylic oxidation sites excluding steroid dienone is 4. The summed E-state index contributed by atoms with van der Waals surface area (Å²) in [5, 5.41) is 21.4. The molecule has 0 aliphatic carbocycles. The maximum Gasteiger partial charge on any atom is 0.103 e. The van der Waals surface area contributed by atoms with Crippen LogP contribution in [0.3, 0.4) is 0 Å². The molecule has 0 saturated heterocycles. The second kappa shape index (κ2) is 22.2. The molecule has 1 radical (unpaired) electrons. The van der Waals surface area contributed by atoms with Crippen LogP contribution in [0.15, 0.2) is 94.1 Å². The predicted molar refractivity (Wildman–Crippen MR) is 113 cm³/mol. The fourth-order valence-electron chi connectivity index (χ4n) is 1.09. The zero-order chi connectivity index (χ0) is 22.5. The van der Waals surface area contributed by atoms with E-state index in [1.54, 1.807) is 37.2 Å².